The van der Waals surface area contributed by atoms with E-state index >= 15 is 0 Å². The lowest BCUT2D eigenvalue weighted by molar-refractivity contribution is -0.118. The molecule has 0 aromatic heterocycles. The summed E-state index contributed by atoms with van der Waals surface area (Å²) in [4.78, 5) is 11.0. The van der Waals surface area contributed by atoms with Crippen LogP contribution in [0.1, 0.15) is 5.56 Å². The number of carbonyl (C=O) groups excluding carboxylic acids is 1. The van der Waals surface area contributed by atoms with Crippen LogP contribution >= 0.6 is 10.7 Å². The SMILES string of the molecule is O=C1COc2c(CS(=O)(=O)Cl)cccc2N1. The molecule has 1 heterocycles. The predicted molar refractivity (Wildman–Crippen MR) is 59.0 cm³/mol. The standard InChI is InChI=1S/C9H8ClNO4S/c10-16(13,14)5-6-2-1-3-7-9(6)15-4-8(12)11-7/h1-3H,4-5H2,(H,11,12). The fourth-order valence-corrected chi connectivity index (χ4v) is 2.43. The van der Waals surface area contributed by atoms with Gasteiger partial charge in [0.25, 0.3) is 5.91 Å². The van der Waals surface area contributed by atoms with Crippen molar-refractivity contribution in [1.82, 2.24) is 0 Å². The molecule has 0 unspecified atom stereocenters. The van der Waals surface area contributed by atoms with Crippen molar-refractivity contribution in [2.45, 2.75) is 5.75 Å². The lowest BCUT2D eigenvalue weighted by Crippen LogP contribution is -2.26. The first-order chi connectivity index (χ1) is 7.46. The number of hydrogen-bond donors (Lipinski definition) is 1. The predicted octanol–water partition coefficient (Wildman–Crippen LogP) is 1.09. The largest absolute Gasteiger partial charge is 0.481 e. The van der Waals surface area contributed by atoms with E-state index in [9.17, 15) is 13.2 Å². The van der Waals surface area contributed by atoms with Crippen molar-refractivity contribution >= 4 is 31.3 Å². The second-order valence-electron chi connectivity index (χ2n) is 3.31. The van der Waals surface area contributed by atoms with Crippen molar-refractivity contribution in [3.8, 4) is 5.75 Å². The van der Waals surface area contributed by atoms with Gasteiger partial charge in [-0.15, -0.1) is 0 Å². The zero-order valence-electron chi connectivity index (χ0n) is 8.07. The van der Waals surface area contributed by atoms with Crippen LogP contribution in [0, 0.1) is 0 Å². The number of fused-ring (bicyclic) bond motifs is 1. The Morgan fingerprint density at radius 1 is 1.44 bits per heavy atom. The Morgan fingerprint density at radius 3 is 2.88 bits per heavy atom. The molecule has 1 aromatic rings. The van der Waals surface area contributed by atoms with Crippen molar-refractivity contribution in [2.75, 3.05) is 11.9 Å². The third kappa shape index (κ3) is 2.45. The third-order valence-electron chi connectivity index (χ3n) is 2.05. The number of carbonyl (C=O) groups is 1. The van der Waals surface area contributed by atoms with Crippen molar-refractivity contribution in [2.24, 2.45) is 0 Å². The molecule has 86 valence electrons. The van der Waals surface area contributed by atoms with Crippen LogP contribution in [0.2, 0.25) is 0 Å². The molecule has 1 N–H and O–H groups in total. The highest BCUT2D eigenvalue weighted by Crippen LogP contribution is 2.32. The molecule has 1 aromatic carbocycles. The van der Waals surface area contributed by atoms with E-state index in [1.54, 1.807) is 18.2 Å². The van der Waals surface area contributed by atoms with Crippen LogP contribution in [-0.4, -0.2) is 20.9 Å². The number of anilines is 1. The van der Waals surface area contributed by atoms with Gasteiger partial charge in [0.1, 0.15) is 5.75 Å². The maximum atomic E-state index is 11.0. The van der Waals surface area contributed by atoms with Crippen LogP contribution in [0.5, 0.6) is 5.75 Å². The van der Waals surface area contributed by atoms with E-state index in [0.717, 1.165) is 0 Å². The molecule has 0 aliphatic carbocycles. The average molecular weight is 262 g/mol. The third-order valence-corrected chi connectivity index (χ3v) is 3.03. The van der Waals surface area contributed by atoms with Gasteiger partial charge in [0.15, 0.2) is 6.61 Å². The fourth-order valence-electron chi connectivity index (χ4n) is 1.48. The highest BCUT2D eigenvalue weighted by Gasteiger charge is 2.21. The second-order valence-corrected chi connectivity index (χ2v) is 6.09. The van der Waals surface area contributed by atoms with E-state index in [-0.39, 0.29) is 18.3 Å². The summed E-state index contributed by atoms with van der Waals surface area (Å²) in [6.07, 6.45) is 0. The van der Waals surface area contributed by atoms with Crippen LogP contribution < -0.4 is 10.1 Å². The Bertz CT molecular complexity index is 540. The average Bonchev–Trinajstić information content (AvgIpc) is 2.15. The van der Waals surface area contributed by atoms with E-state index < -0.39 is 9.05 Å². The van der Waals surface area contributed by atoms with Crippen molar-refractivity contribution < 1.29 is 17.9 Å². The number of para-hydroxylation sites is 1. The minimum Gasteiger partial charge on any atom is -0.481 e. The number of hydrogen-bond acceptors (Lipinski definition) is 4. The van der Waals surface area contributed by atoms with Gasteiger partial charge in [-0.25, -0.2) is 8.42 Å². The molecule has 0 fully saturated rings. The van der Waals surface area contributed by atoms with Crippen molar-refractivity contribution in [1.29, 1.82) is 0 Å². The summed E-state index contributed by atoms with van der Waals surface area (Å²) in [5, 5.41) is 2.58. The van der Waals surface area contributed by atoms with E-state index in [4.69, 9.17) is 15.4 Å². The first kappa shape index (κ1) is 11.2. The van der Waals surface area contributed by atoms with Crippen LogP contribution in [0.15, 0.2) is 18.2 Å². The highest BCUT2D eigenvalue weighted by atomic mass is 35.7. The molecule has 0 atom stereocenters. The van der Waals surface area contributed by atoms with E-state index in [1.807, 2.05) is 0 Å². The molecule has 0 bridgehead atoms. The van der Waals surface area contributed by atoms with Crippen molar-refractivity contribution in [3.63, 3.8) is 0 Å². The van der Waals surface area contributed by atoms with Gasteiger partial charge in [0.05, 0.1) is 11.4 Å². The molecule has 1 amide bonds. The number of ether oxygens (including phenoxy) is 1. The monoisotopic (exact) mass is 261 g/mol. The molecule has 0 saturated heterocycles. The Balaban J connectivity index is 2.41. The Morgan fingerprint density at radius 2 is 2.19 bits per heavy atom. The normalized spacial score (nSPS) is 14.9. The Kier molecular flexibility index (Phi) is 2.77. The first-order valence-electron chi connectivity index (χ1n) is 4.42. The van der Waals surface area contributed by atoms with Gasteiger partial charge >= 0.3 is 0 Å². The van der Waals surface area contributed by atoms with Crippen molar-refractivity contribution in [3.05, 3.63) is 23.8 Å². The Labute approximate surface area is 96.8 Å². The van der Waals surface area contributed by atoms with Gasteiger partial charge in [0.2, 0.25) is 9.05 Å². The molecule has 5 nitrogen and oxygen atoms in total. The molecule has 0 radical (unpaired) electrons. The molecule has 7 heteroatoms. The smallest absolute Gasteiger partial charge is 0.262 e. The second kappa shape index (κ2) is 3.95. The fraction of sp³-hybridized carbons (Fsp3) is 0.222. The van der Waals surface area contributed by atoms with Crippen LogP contribution in [-0.2, 0) is 19.6 Å². The van der Waals surface area contributed by atoms with Gasteiger partial charge in [-0.3, -0.25) is 4.79 Å². The quantitative estimate of drug-likeness (QED) is 0.809. The van der Waals surface area contributed by atoms with Gasteiger partial charge in [-0.05, 0) is 6.07 Å². The number of amides is 1. The maximum absolute atomic E-state index is 11.0. The zero-order valence-corrected chi connectivity index (χ0v) is 9.64. The lowest BCUT2D eigenvalue weighted by atomic mass is 10.2. The number of halogens is 1. The summed E-state index contributed by atoms with van der Waals surface area (Å²) in [5.74, 6) is -0.224. The first-order valence-corrected chi connectivity index (χ1v) is 6.90. The molecule has 1 aliphatic heterocycles. The van der Waals surface area contributed by atoms with E-state index in [2.05, 4.69) is 5.32 Å². The molecule has 16 heavy (non-hydrogen) atoms. The van der Waals surface area contributed by atoms with Crippen LogP contribution in [0.3, 0.4) is 0 Å². The lowest BCUT2D eigenvalue weighted by Gasteiger charge is -2.20. The summed E-state index contributed by atoms with van der Waals surface area (Å²) in [6, 6.07) is 4.86. The minimum absolute atomic E-state index is 0.119. The molecule has 1 aliphatic rings. The number of nitrogens with one attached hydrogen (secondary N) is 1. The minimum atomic E-state index is -3.64. The highest BCUT2D eigenvalue weighted by molar-refractivity contribution is 8.13. The topological polar surface area (TPSA) is 72.5 Å². The molecule has 0 spiro atoms. The van der Waals surface area contributed by atoms with E-state index in [1.165, 1.54) is 0 Å². The maximum Gasteiger partial charge on any atom is 0.262 e. The molecular weight excluding hydrogens is 254 g/mol. The number of rotatable bonds is 2. The summed E-state index contributed by atoms with van der Waals surface area (Å²) >= 11 is 0. The van der Waals surface area contributed by atoms with Gasteiger partial charge in [0, 0.05) is 16.2 Å². The van der Waals surface area contributed by atoms with E-state index in [0.29, 0.717) is 17.0 Å². The zero-order chi connectivity index (χ0) is 11.8. The van der Waals surface area contributed by atoms with Gasteiger partial charge in [-0.1, -0.05) is 12.1 Å². The molecular formula is C9H8ClNO4S. The summed E-state index contributed by atoms with van der Waals surface area (Å²) in [7, 11) is 1.52. The van der Waals surface area contributed by atoms with Crippen LogP contribution in [0.4, 0.5) is 5.69 Å². The molecule has 0 saturated carbocycles. The summed E-state index contributed by atoms with van der Waals surface area (Å²) in [6.45, 7) is -0.119. The van der Waals surface area contributed by atoms with Gasteiger partial charge in [-0.2, -0.15) is 0 Å². The van der Waals surface area contributed by atoms with Gasteiger partial charge < -0.3 is 10.1 Å². The number of benzene rings is 1. The molecule has 2 rings (SSSR count). The Hall–Kier alpha value is -1.27. The van der Waals surface area contributed by atoms with Crippen LogP contribution in [0.25, 0.3) is 0 Å². The summed E-state index contributed by atoms with van der Waals surface area (Å²) < 4.78 is 27.1. The summed E-state index contributed by atoms with van der Waals surface area (Å²) in [5.41, 5.74) is 0.904.